The van der Waals surface area contributed by atoms with Gasteiger partial charge in [-0.1, -0.05) is 12.1 Å². The van der Waals surface area contributed by atoms with Crippen LogP contribution >= 0.6 is 0 Å². The van der Waals surface area contributed by atoms with Gasteiger partial charge in [0.15, 0.2) is 0 Å². The van der Waals surface area contributed by atoms with E-state index in [0.29, 0.717) is 31.2 Å². The summed E-state index contributed by atoms with van der Waals surface area (Å²) >= 11 is 0. The summed E-state index contributed by atoms with van der Waals surface area (Å²) in [5.41, 5.74) is 3.48. The van der Waals surface area contributed by atoms with E-state index in [-0.39, 0.29) is 11.9 Å². The molecule has 1 aliphatic carbocycles. The van der Waals surface area contributed by atoms with Gasteiger partial charge >= 0.3 is 12.1 Å². The Labute approximate surface area is 163 Å². The number of benzene rings is 1. The Morgan fingerprint density at radius 3 is 2.79 bits per heavy atom. The lowest BCUT2D eigenvalue weighted by Gasteiger charge is -2.31. The van der Waals surface area contributed by atoms with E-state index in [4.69, 9.17) is 4.74 Å². The first-order chi connectivity index (χ1) is 13.6. The molecule has 1 saturated heterocycles. The van der Waals surface area contributed by atoms with Crippen LogP contribution in [0.2, 0.25) is 0 Å². The van der Waals surface area contributed by atoms with Crippen LogP contribution in [0.15, 0.2) is 30.5 Å². The van der Waals surface area contributed by atoms with Gasteiger partial charge in [0.25, 0.3) is 0 Å². The van der Waals surface area contributed by atoms with Crippen LogP contribution in [0.3, 0.4) is 0 Å². The molecule has 4 rings (SSSR count). The summed E-state index contributed by atoms with van der Waals surface area (Å²) in [6.07, 6.45) is 4.68. The van der Waals surface area contributed by atoms with Gasteiger partial charge in [-0.05, 0) is 50.3 Å². The molecule has 2 heterocycles. The number of ether oxygens (including phenoxy) is 1. The van der Waals surface area contributed by atoms with E-state index in [9.17, 15) is 14.7 Å². The molecule has 2 aromatic rings. The van der Waals surface area contributed by atoms with Crippen LogP contribution in [0.5, 0.6) is 0 Å². The van der Waals surface area contributed by atoms with Gasteiger partial charge in [0, 0.05) is 24.9 Å². The van der Waals surface area contributed by atoms with E-state index in [1.165, 1.54) is 4.90 Å². The highest BCUT2D eigenvalue weighted by Crippen LogP contribution is 2.43. The fourth-order valence-corrected chi connectivity index (χ4v) is 4.01. The number of nitrogens with zero attached hydrogens (tertiary/aromatic N) is 3. The number of carboxylic acid groups (broad SMARTS) is 1. The number of carbonyl (C=O) groups excluding carboxylic acids is 1. The summed E-state index contributed by atoms with van der Waals surface area (Å²) in [5.74, 6) is 0.188. The van der Waals surface area contributed by atoms with Gasteiger partial charge in [-0.15, -0.1) is 0 Å². The average molecular weight is 383 g/mol. The molecule has 0 bridgehead atoms. The first-order valence-corrected chi connectivity index (χ1v) is 9.91. The van der Waals surface area contributed by atoms with Crippen LogP contribution in [-0.4, -0.2) is 51.5 Å². The molecule has 0 spiro atoms. The zero-order valence-electron chi connectivity index (χ0n) is 16.0. The standard InChI is InChI=1S/C21H25N3O4/c1-2-28-20(25)18-12-22-24(19(18)14-8-9-14)17-7-3-5-15(11-17)16-6-4-10-23(13-16)21(26)27/h3,5,7,11-12,14,16H,2,4,6,8-10,13H2,1H3,(H,26,27). The summed E-state index contributed by atoms with van der Waals surface area (Å²) in [5, 5.41) is 13.8. The van der Waals surface area contributed by atoms with Gasteiger partial charge in [-0.25, -0.2) is 14.3 Å². The number of hydrogen-bond donors (Lipinski definition) is 1. The minimum Gasteiger partial charge on any atom is -0.465 e. The third kappa shape index (κ3) is 3.61. The van der Waals surface area contributed by atoms with Crippen molar-refractivity contribution in [1.29, 1.82) is 0 Å². The molecular formula is C21H25N3O4. The Morgan fingerprint density at radius 2 is 2.07 bits per heavy atom. The molecular weight excluding hydrogens is 358 g/mol. The Morgan fingerprint density at radius 1 is 1.25 bits per heavy atom. The number of hydrogen-bond acceptors (Lipinski definition) is 4. The van der Waals surface area contributed by atoms with Crippen molar-refractivity contribution in [1.82, 2.24) is 14.7 Å². The van der Waals surface area contributed by atoms with E-state index in [1.54, 1.807) is 13.1 Å². The minimum atomic E-state index is -0.858. The lowest BCUT2D eigenvalue weighted by atomic mass is 9.90. The lowest BCUT2D eigenvalue weighted by molar-refractivity contribution is 0.0525. The lowest BCUT2D eigenvalue weighted by Crippen LogP contribution is -2.38. The molecule has 7 heteroatoms. The second-order valence-corrected chi connectivity index (χ2v) is 7.51. The van der Waals surface area contributed by atoms with Crippen molar-refractivity contribution in [3.8, 4) is 5.69 Å². The second-order valence-electron chi connectivity index (χ2n) is 7.51. The predicted molar refractivity (Wildman–Crippen MR) is 103 cm³/mol. The van der Waals surface area contributed by atoms with E-state index in [1.807, 2.05) is 22.9 Å². The van der Waals surface area contributed by atoms with Crippen LogP contribution in [0.1, 0.15) is 66.1 Å². The van der Waals surface area contributed by atoms with Crippen molar-refractivity contribution in [2.45, 2.75) is 44.4 Å². The first-order valence-electron chi connectivity index (χ1n) is 9.91. The molecule has 1 aliphatic heterocycles. The first kappa shape index (κ1) is 18.5. The van der Waals surface area contributed by atoms with Crippen molar-refractivity contribution in [3.05, 3.63) is 47.3 Å². The second kappa shape index (κ2) is 7.66. The molecule has 1 amide bonds. The van der Waals surface area contributed by atoms with Crippen LogP contribution in [0.4, 0.5) is 4.79 Å². The summed E-state index contributed by atoms with van der Waals surface area (Å²) in [7, 11) is 0. The quantitative estimate of drug-likeness (QED) is 0.794. The SMILES string of the molecule is CCOC(=O)c1cnn(-c2cccc(C3CCCN(C(=O)O)C3)c2)c1C1CC1. The van der Waals surface area contributed by atoms with Crippen molar-refractivity contribution in [2.75, 3.05) is 19.7 Å². The Kier molecular flexibility index (Phi) is 5.07. The molecule has 1 N–H and O–H groups in total. The molecule has 1 unspecified atom stereocenters. The molecule has 148 valence electrons. The van der Waals surface area contributed by atoms with E-state index >= 15 is 0 Å². The molecule has 2 aliphatic rings. The third-order valence-corrected chi connectivity index (χ3v) is 5.54. The zero-order valence-corrected chi connectivity index (χ0v) is 16.0. The maximum atomic E-state index is 12.3. The van der Waals surface area contributed by atoms with E-state index in [2.05, 4.69) is 11.2 Å². The molecule has 1 saturated carbocycles. The van der Waals surface area contributed by atoms with Gasteiger partial charge in [-0.2, -0.15) is 5.10 Å². The minimum absolute atomic E-state index is 0.175. The highest BCUT2D eigenvalue weighted by atomic mass is 16.5. The number of piperidine rings is 1. The predicted octanol–water partition coefficient (Wildman–Crippen LogP) is 3.78. The van der Waals surface area contributed by atoms with Crippen molar-refractivity contribution in [3.63, 3.8) is 0 Å². The number of esters is 1. The summed E-state index contributed by atoms with van der Waals surface area (Å²) in [6.45, 7) is 3.25. The van der Waals surface area contributed by atoms with Crippen molar-refractivity contribution < 1.29 is 19.4 Å². The van der Waals surface area contributed by atoms with Crippen LogP contribution in [-0.2, 0) is 4.74 Å². The molecule has 1 atom stereocenters. The molecule has 1 aromatic carbocycles. The zero-order chi connectivity index (χ0) is 19.7. The molecule has 1 aromatic heterocycles. The van der Waals surface area contributed by atoms with Crippen LogP contribution < -0.4 is 0 Å². The van der Waals surface area contributed by atoms with Gasteiger partial charge < -0.3 is 14.7 Å². The largest absolute Gasteiger partial charge is 0.465 e. The molecule has 2 fully saturated rings. The molecule has 0 radical (unpaired) electrons. The highest BCUT2D eigenvalue weighted by Gasteiger charge is 2.33. The van der Waals surface area contributed by atoms with E-state index in [0.717, 1.165) is 42.6 Å². The normalized spacial score (nSPS) is 19.5. The Hall–Kier alpha value is -2.83. The number of likely N-dealkylation sites (tertiary alicyclic amines) is 1. The third-order valence-electron chi connectivity index (χ3n) is 5.54. The van der Waals surface area contributed by atoms with Crippen LogP contribution in [0.25, 0.3) is 5.69 Å². The fraction of sp³-hybridized carbons (Fsp3) is 0.476. The Balaban J connectivity index is 1.65. The number of amides is 1. The topological polar surface area (TPSA) is 84.7 Å². The number of aromatic nitrogens is 2. The highest BCUT2D eigenvalue weighted by molar-refractivity contribution is 5.91. The molecule has 28 heavy (non-hydrogen) atoms. The monoisotopic (exact) mass is 383 g/mol. The Bertz CT molecular complexity index is 888. The summed E-state index contributed by atoms with van der Waals surface area (Å²) in [4.78, 5) is 25.1. The number of carbonyl (C=O) groups is 2. The van der Waals surface area contributed by atoms with Gasteiger partial charge in [-0.3, -0.25) is 0 Å². The fourth-order valence-electron chi connectivity index (χ4n) is 4.01. The smallest absolute Gasteiger partial charge is 0.407 e. The van der Waals surface area contributed by atoms with Crippen molar-refractivity contribution >= 4 is 12.1 Å². The van der Waals surface area contributed by atoms with Crippen molar-refractivity contribution in [2.24, 2.45) is 0 Å². The maximum absolute atomic E-state index is 12.3. The number of rotatable bonds is 5. The van der Waals surface area contributed by atoms with Gasteiger partial charge in [0.2, 0.25) is 0 Å². The van der Waals surface area contributed by atoms with E-state index < -0.39 is 6.09 Å². The average Bonchev–Trinajstić information content (AvgIpc) is 3.46. The molecule has 7 nitrogen and oxygen atoms in total. The van der Waals surface area contributed by atoms with Gasteiger partial charge in [0.05, 0.1) is 24.2 Å². The summed E-state index contributed by atoms with van der Waals surface area (Å²) in [6, 6.07) is 8.08. The maximum Gasteiger partial charge on any atom is 0.407 e. The van der Waals surface area contributed by atoms with Gasteiger partial charge in [0.1, 0.15) is 5.56 Å². The summed E-state index contributed by atoms with van der Waals surface area (Å²) < 4.78 is 7.05. The van der Waals surface area contributed by atoms with Crippen LogP contribution in [0, 0.1) is 0 Å².